The first-order chi connectivity index (χ1) is 10.7. The van der Waals surface area contributed by atoms with Gasteiger partial charge in [0.1, 0.15) is 12.4 Å². The highest BCUT2D eigenvalue weighted by atomic mass is 16.5. The molecule has 2 aromatic rings. The normalized spacial score (nSPS) is 21.7. The van der Waals surface area contributed by atoms with Gasteiger partial charge in [-0.15, -0.1) is 0 Å². The zero-order valence-electron chi connectivity index (χ0n) is 13.1. The van der Waals surface area contributed by atoms with E-state index in [1.165, 1.54) is 19.2 Å². The molecule has 0 amide bonds. The molecule has 0 unspecified atom stereocenters. The van der Waals surface area contributed by atoms with Crippen LogP contribution in [0.15, 0.2) is 24.5 Å². The smallest absolute Gasteiger partial charge is 0.224 e. The number of nitrogens with zero attached hydrogens (tertiary/aromatic N) is 3. The summed E-state index contributed by atoms with van der Waals surface area (Å²) in [6.07, 6.45) is 6.34. The Balaban J connectivity index is 1.78. The van der Waals surface area contributed by atoms with E-state index >= 15 is 0 Å². The number of nitriles is 1. The van der Waals surface area contributed by atoms with Gasteiger partial charge in [-0.25, -0.2) is 9.97 Å². The molecule has 1 saturated carbocycles. The minimum absolute atomic E-state index is 0.221. The van der Waals surface area contributed by atoms with E-state index in [0.29, 0.717) is 11.4 Å². The van der Waals surface area contributed by atoms with Gasteiger partial charge in [0.25, 0.3) is 0 Å². The molecule has 0 bridgehead atoms. The molecule has 1 fully saturated rings. The minimum Gasteiger partial charge on any atom is -0.474 e. The monoisotopic (exact) mass is 295 g/mol. The van der Waals surface area contributed by atoms with Crippen LogP contribution in [0.4, 0.5) is 0 Å². The lowest BCUT2D eigenvalue weighted by Gasteiger charge is -2.30. The number of hydrogen-bond acceptors (Lipinski definition) is 4. The van der Waals surface area contributed by atoms with Crippen molar-refractivity contribution < 1.29 is 4.74 Å². The summed E-state index contributed by atoms with van der Waals surface area (Å²) in [4.78, 5) is 8.53. The van der Waals surface area contributed by atoms with E-state index in [-0.39, 0.29) is 6.10 Å². The number of benzene rings is 1. The SMILES string of the molecule is CC(C)[C@H]1CC[C@H](Oc2ncnc3ccc(C#N)cc23)CC1. The largest absolute Gasteiger partial charge is 0.474 e. The van der Waals surface area contributed by atoms with Crippen molar-refractivity contribution in [2.45, 2.75) is 45.6 Å². The van der Waals surface area contributed by atoms with Crippen LogP contribution in [0.5, 0.6) is 5.88 Å². The highest BCUT2D eigenvalue weighted by Gasteiger charge is 2.25. The van der Waals surface area contributed by atoms with Gasteiger partial charge in [-0.1, -0.05) is 13.8 Å². The molecule has 3 rings (SSSR count). The molecular weight excluding hydrogens is 274 g/mol. The molecule has 4 heteroatoms. The van der Waals surface area contributed by atoms with E-state index in [2.05, 4.69) is 29.9 Å². The van der Waals surface area contributed by atoms with Crippen LogP contribution in [0.3, 0.4) is 0 Å². The minimum atomic E-state index is 0.221. The predicted molar refractivity (Wildman–Crippen MR) is 85.5 cm³/mol. The Kier molecular flexibility index (Phi) is 4.24. The molecule has 1 aromatic heterocycles. The third-order valence-corrected chi connectivity index (χ3v) is 4.67. The fraction of sp³-hybridized carbons (Fsp3) is 0.500. The summed E-state index contributed by atoms with van der Waals surface area (Å²) in [5.74, 6) is 2.17. The first kappa shape index (κ1) is 14.8. The van der Waals surface area contributed by atoms with Crippen molar-refractivity contribution in [3.63, 3.8) is 0 Å². The molecule has 0 saturated heterocycles. The molecule has 1 aliphatic rings. The average Bonchev–Trinajstić information content (AvgIpc) is 2.55. The van der Waals surface area contributed by atoms with Crippen LogP contribution in [0.2, 0.25) is 0 Å². The quantitative estimate of drug-likeness (QED) is 0.855. The third kappa shape index (κ3) is 3.04. The molecule has 0 radical (unpaired) electrons. The van der Waals surface area contributed by atoms with Gasteiger partial charge >= 0.3 is 0 Å². The predicted octanol–water partition coefficient (Wildman–Crippen LogP) is 4.10. The zero-order valence-corrected chi connectivity index (χ0v) is 13.1. The van der Waals surface area contributed by atoms with Crippen molar-refractivity contribution in [1.82, 2.24) is 9.97 Å². The van der Waals surface area contributed by atoms with E-state index in [0.717, 1.165) is 35.6 Å². The maximum absolute atomic E-state index is 9.06. The number of rotatable bonds is 3. The second kappa shape index (κ2) is 6.31. The van der Waals surface area contributed by atoms with Gasteiger partial charge in [0, 0.05) is 0 Å². The van der Waals surface area contributed by atoms with Crippen molar-refractivity contribution in [3.8, 4) is 11.9 Å². The van der Waals surface area contributed by atoms with Gasteiger partial charge in [0.15, 0.2) is 0 Å². The van der Waals surface area contributed by atoms with Gasteiger partial charge in [0.2, 0.25) is 5.88 Å². The Morgan fingerprint density at radius 1 is 1.18 bits per heavy atom. The van der Waals surface area contributed by atoms with Crippen LogP contribution < -0.4 is 4.74 Å². The summed E-state index contributed by atoms with van der Waals surface area (Å²) in [6.45, 7) is 4.60. The number of fused-ring (bicyclic) bond motifs is 1. The summed E-state index contributed by atoms with van der Waals surface area (Å²) >= 11 is 0. The molecule has 4 nitrogen and oxygen atoms in total. The van der Waals surface area contributed by atoms with E-state index in [1.807, 2.05) is 12.1 Å². The van der Waals surface area contributed by atoms with E-state index in [9.17, 15) is 0 Å². The Morgan fingerprint density at radius 3 is 2.64 bits per heavy atom. The highest BCUT2D eigenvalue weighted by Crippen LogP contribution is 2.33. The Hall–Kier alpha value is -2.15. The molecule has 22 heavy (non-hydrogen) atoms. The second-order valence-electron chi connectivity index (χ2n) is 6.42. The summed E-state index contributed by atoms with van der Waals surface area (Å²) in [5, 5.41) is 9.89. The zero-order chi connectivity index (χ0) is 15.5. The van der Waals surface area contributed by atoms with E-state index in [1.54, 1.807) is 6.07 Å². The van der Waals surface area contributed by atoms with Crippen molar-refractivity contribution >= 4 is 10.9 Å². The first-order valence-corrected chi connectivity index (χ1v) is 7.99. The lowest BCUT2D eigenvalue weighted by Crippen LogP contribution is -2.26. The Morgan fingerprint density at radius 2 is 1.95 bits per heavy atom. The molecular formula is C18H21N3O. The maximum atomic E-state index is 9.06. The van der Waals surface area contributed by atoms with Crippen molar-refractivity contribution in [3.05, 3.63) is 30.1 Å². The molecule has 114 valence electrons. The van der Waals surface area contributed by atoms with Gasteiger partial charge in [-0.05, 0) is 55.7 Å². The summed E-state index contributed by atoms with van der Waals surface area (Å²) in [5.41, 5.74) is 1.43. The molecule has 0 atom stereocenters. The Bertz CT molecular complexity index is 697. The maximum Gasteiger partial charge on any atom is 0.224 e. The topological polar surface area (TPSA) is 58.8 Å². The molecule has 0 N–H and O–H groups in total. The van der Waals surface area contributed by atoms with Crippen molar-refractivity contribution in [2.24, 2.45) is 11.8 Å². The third-order valence-electron chi connectivity index (χ3n) is 4.67. The standard InChI is InChI=1S/C18H21N3O/c1-12(2)14-4-6-15(7-5-14)22-18-16-9-13(10-19)3-8-17(16)20-11-21-18/h3,8-9,11-12,14-15H,4-7H2,1-2H3/t14-,15-. The van der Waals surface area contributed by atoms with Crippen molar-refractivity contribution in [1.29, 1.82) is 5.26 Å². The lowest BCUT2D eigenvalue weighted by atomic mass is 9.80. The van der Waals surface area contributed by atoms with Gasteiger partial charge in [-0.3, -0.25) is 0 Å². The van der Waals surface area contributed by atoms with E-state index in [4.69, 9.17) is 10.00 Å². The highest BCUT2D eigenvalue weighted by molar-refractivity contribution is 5.84. The van der Waals surface area contributed by atoms with Crippen LogP contribution in [-0.2, 0) is 0 Å². The van der Waals surface area contributed by atoms with Gasteiger partial charge in [0.05, 0.1) is 22.5 Å². The second-order valence-corrected chi connectivity index (χ2v) is 6.42. The van der Waals surface area contributed by atoms with Crippen LogP contribution in [0, 0.1) is 23.2 Å². The summed E-state index contributed by atoms with van der Waals surface area (Å²) in [7, 11) is 0. The molecule has 0 spiro atoms. The van der Waals surface area contributed by atoms with Gasteiger partial charge in [-0.2, -0.15) is 5.26 Å². The van der Waals surface area contributed by atoms with Crippen LogP contribution in [0.25, 0.3) is 10.9 Å². The Labute approximate surface area is 131 Å². The molecule has 1 heterocycles. The van der Waals surface area contributed by atoms with Crippen LogP contribution in [0.1, 0.15) is 45.1 Å². The first-order valence-electron chi connectivity index (χ1n) is 7.99. The summed E-state index contributed by atoms with van der Waals surface area (Å²) < 4.78 is 6.14. The van der Waals surface area contributed by atoms with Crippen LogP contribution in [-0.4, -0.2) is 16.1 Å². The molecule has 0 aliphatic heterocycles. The fourth-order valence-electron chi connectivity index (χ4n) is 3.23. The number of ether oxygens (including phenoxy) is 1. The lowest BCUT2D eigenvalue weighted by molar-refractivity contribution is 0.114. The van der Waals surface area contributed by atoms with Crippen molar-refractivity contribution in [2.75, 3.05) is 0 Å². The van der Waals surface area contributed by atoms with Gasteiger partial charge < -0.3 is 4.74 Å². The summed E-state index contributed by atoms with van der Waals surface area (Å²) in [6, 6.07) is 7.58. The number of aromatic nitrogens is 2. The number of hydrogen-bond donors (Lipinski definition) is 0. The fourth-order valence-corrected chi connectivity index (χ4v) is 3.23. The molecule has 1 aromatic carbocycles. The van der Waals surface area contributed by atoms with Crippen LogP contribution >= 0.6 is 0 Å². The average molecular weight is 295 g/mol. The van der Waals surface area contributed by atoms with E-state index < -0.39 is 0 Å². The molecule has 1 aliphatic carbocycles.